The number of hydrogen-bond acceptors (Lipinski definition) is 3. The average Bonchev–Trinajstić information content (AvgIpc) is 2.84. The molecule has 0 saturated heterocycles. The van der Waals surface area contributed by atoms with Gasteiger partial charge in [0.05, 0.1) is 6.61 Å². The molecule has 0 aromatic heterocycles. The van der Waals surface area contributed by atoms with E-state index >= 15 is 0 Å². The summed E-state index contributed by atoms with van der Waals surface area (Å²) in [6, 6.07) is 16.8. The summed E-state index contributed by atoms with van der Waals surface area (Å²) in [5, 5.41) is 0. The molecular formula is C30H44O3. The van der Waals surface area contributed by atoms with Crippen LogP contribution in [0.5, 0.6) is 5.75 Å². The van der Waals surface area contributed by atoms with Crippen LogP contribution in [0.3, 0.4) is 0 Å². The number of hydrogen-bond donors (Lipinski definition) is 0. The third kappa shape index (κ3) is 11.4. The minimum atomic E-state index is -0.568. The van der Waals surface area contributed by atoms with Crippen LogP contribution in [0.2, 0.25) is 0 Å². The van der Waals surface area contributed by atoms with Crippen LogP contribution >= 0.6 is 0 Å². The molecule has 3 nitrogen and oxygen atoms in total. The quantitative estimate of drug-likeness (QED) is 0.137. The van der Waals surface area contributed by atoms with Gasteiger partial charge >= 0.3 is 6.16 Å². The number of benzene rings is 2. The van der Waals surface area contributed by atoms with Crippen molar-refractivity contribution in [1.82, 2.24) is 0 Å². The summed E-state index contributed by atoms with van der Waals surface area (Å²) in [5.74, 6) is 0.678. The van der Waals surface area contributed by atoms with Crippen LogP contribution in [0.1, 0.15) is 101 Å². The molecule has 0 aliphatic carbocycles. The van der Waals surface area contributed by atoms with Crippen LogP contribution in [0.4, 0.5) is 4.79 Å². The van der Waals surface area contributed by atoms with Crippen molar-refractivity contribution in [2.24, 2.45) is 0 Å². The maximum absolute atomic E-state index is 12.2. The first kappa shape index (κ1) is 27.0. The van der Waals surface area contributed by atoms with E-state index in [0.717, 1.165) is 51.4 Å². The molecule has 0 fully saturated rings. The van der Waals surface area contributed by atoms with E-state index < -0.39 is 6.16 Å². The van der Waals surface area contributed by atoms with E-state index in [1.807, 2.05) is 12.1 Å². The van der Waals surface area contributed by atoms with Crippen molar-refractivity contribution in [1.29, 1.82) is 0 Å². The minimum Gasteiger partial charge on any atom is -0.434 e. The smallest absolute Gasteiger partial charge is 0.434 e. The van der Waals surface area contributed by atoms with Gasteiger partial charge in [0.15, 0.2) is 0 Å². The van der Waals surface area contributed by atoms with Crippen LogP contribution in [0.25, 0.3) is 0 Å². The monoisotopic (exact) mass is 452 g/mol. The zero-order valence-electron chi connectivity index (χ0n) is 21.0. The Morgan fingerprint density at radius 2 is 1.33 bits per heavy atom. The van der Waals surface area contributed by atoms with E-state index in [1.54, 1.807) is 0 Å². The van der Waals surface area contributed by atoms with Crippen LogP contribution < -0.4 is 4.74 Å². The predicted molar refractivity (Wildman–Crippen MR) is 138 cm³/mol. The highest BCUT2D eigenvalue weighted by molar-refractivity contribution is 5.65. The molecular weight excluding hydrogens is 408 g/mol. The summed E-state index contributed by atoms with van der Waals surface area (Å²) in [4.78, 5) is 12.2. The summed E-state index contributed by atoms with van der Waals surface area (Å²) in [5.41, 5.74) is 3.92. The van der Waals surface area contributed by atoms with Gasteiger partial charge in [0.25, 0.3) is 0 Å². The fourth-order valence-electron chi connectivity index (χ4n) is 4.18. The van der Waals surface area contributed by atoms with Crippen LogP contribution in [0, 0.1) is 0 Å². The maximum Gasteiger partial charge on any atom is 0.513 e. The number of rotatable bonds is 17. The SMILES string of the molecule is CCCCc1cccc(OC(=O)OCCCCCCCCCc2ccccc2)c1CCCC. The normalized spacial score (nSPS) is 10.8. The Bertz CT molecular complexity index is 769. The Morgan fingerprint density at radius 1 is 0.667 bits per heavy atom. The zero-order valence-corrected chi connectivity index (χ0v) is 21.0. The number of unbranched alkanes of at least 4 members (excludes halogenated alkanes) is 8. The molecule has 0 saturated carbocycles. The first-order valence-corrected chi connectivity index (χ1v) is 13.2. The largest absolute Gasteiger partial charge is 0.513 e. The van der Waals surface area contributed by atoms with Gasteiger partial charge in [-0.1, -0.05) is 101 Å². The van der Waals surface area contributed by atoms with Crippen molar-refractivity contribution in [3.8, 4) is 5.75 Å². The topological polar surface area (TPSA) is 35.5 Å². The van der Waals surface area contributed by atoms with Crippen molar-refractivity contribution < 1.29 is 14.3 Å². The molecule has 2 aromatic carbocycles. The first-order valence-electron chi connectivity index (χ1n) is 13.2. The molecule has 0 spiro atoms. The number of carbonyl (C=O) groups excluding carboxylic acids is 1. The Labute approximate surface area is 201 Å². The van der Waals surface area contributed by atoms with E-state index in [0.29, 0.717) is 12.4 Å². The van der Waals surface area contributed by atoms with Crippen molar-refractivity contribution in [3.05, 3.63) is 65.2 Å². The highest BCUT2D eigenvalue weighted by atomic mass is 16.7. The molecule has 33 heavy (non-hydrogen) atoms. The summed E-state index contributed by atoms with van der Waals surface area (Å²) in [6.45, 7) is 4.83. The molecule has 3 heteroatoms. The van der Waals surface area contributed by atoms with E-state index in [4.69, 9.17) is 9.47 Å². The minimum absolute atomic E-state index is 0.437. The Balaban J connectivity index is 1.59. The zero-order chi connectivity index (χ0) is 23.6. The van der Waals surface area contributed by atoms with E-state index in [-0.39, 0.29) is 0 Å². The highest BCUT2D eigenvalue weighted by Crippen LogP contribution is 2.26. The van der Waals surface area contributed by atoms with E-state index in [1.165, 1.54) is 55.2 Å². The molecule has 0 unspecified atom stereocenters. The molecule has 2 aromatic rings. The lowest BCUT2D eigenvalue weighted by molar-refractivity contribution is 0.0969. The van der Waals surface area contributed by atoms with Crippen molar-refractivity contribution >= 4 is 6.16 Å². The number of ether oxygens (including phenoxy) is 2. The maximum atomic E-state index is 12.2. The standard InChI is InChI=1S/C30H44O3/c1-3-5-21-27-22-17-24-29(28(27)23-6-4-2)33-30(31)32-25-16-11-9-7-8-10-13-18-26-19-14-12-15-20-26/h12,14-15,17,19-20,22,24H,3-11,13,16,18,21,23,25H2,1-2H3. The van der Waals surface area contributed by atoms with Gasteiger partial charge in [-0.3, -0.25) is 0 Å². The Morgan fingerprint density at radius 3 is 2.06 bits per heavy atom. The second-order valence-electron chi connectivity index (χ2n) is 9.01. The van der Waals surface area contributed by atoms with Crippen LogP contribution in [0.15, 0.2) is 48.5 Å². The van der Waals surface area contributed by atoms with Gasteiger partial charge in [0.2, 0.25) is 0 Å². The second kappa shape index (κ2) is 17.2. The van der Waals surface area contributed by atoms with Gasteiger partial charge in [0.1, 0.15) is 5.75 Å². The molecule has 0 radical (unpaired) electrons. The van der Waals surface area contributed by atoms with Gasteiger partial charge in [-0.2, -0.15) is 0 Å². The Kier molecular flexibility index (Phi) is 14.1. The lowest BCUT2D eigenvalue weighted by Gasteiger charge is -2.14. The van der Waals surface area contributed by atoms with Crippen molar-refractivity contribution in [2.45, 2.75) is 104 Å². The van der Waals surface area contributed by atoms with E-state index in [2.05, 4.69) is 50.2 Å². The molecule has 0 amide bonds. The molecule has 0 atom stereocenters. The molecule has 0 heterocycles. The summed E-state index contributed by atoms with van der Waals surface area (Å²) in [6.07, 6.45) is 15.4. The summed E-state index contributed by atoms with van der Waals surface area (Å²) < 4.78 is 11.0. The van der Waals surface area contributed by atoms with Gasteiger partial charge in [0, 0.05) is 0 Å². The van der Waals surface area contributed by atoms with Gasteiger partial charge in [-0.15, -0.1) is 0 Å². The third-order valence-electron chi connectivity index (χ3n) is 6.18. The van der Waals surface area contributed by atoms with Gasteiger partial charge in [-0.25, -0.2) is 4.79 Å². The fourth-order valence-corrected chi connectivity index (χ4v) is 4.18. The van der Waals surface area contributed by atoms with E-state index in [9.17, 15) is 4.79 Å². The van der Waals surface area contributed by atoms with Crippen molar-refractivity contribution in [2.75, 3.05) is 6.61 Å². The molecule has 0 aliphatic heterocycles. The Hall–Kier alpha value is -2.29. The van der Waals surface area contributed by atoms with Gasteiger partial charge in [-0.05, 0) is 67.7 Å². The number of carbonyl (C=O) groups is 1. The highest BCUT2D eigenvalue weighted by Gasteiger charge is 2.13. The predicted octanol–water partition coefficient (Wildman–Crippen LogP) is 8.86. The molecule has 0 N–H and O–H groups in total. The average molecular weight is 453 g/mol. The number of aryl methyl sites for hydroxylation is 2. The first-order chi connectivity index (χ1) is 16.2. The summed E-state index contributed by atoms with van der Waals surface area (Å²) >= 11 is 0. The lowest BCUT2D eigenvalue weighted by Crippen LogP contribution is -2.13. The summed E-state index contributed by atoms with van der Waals surface area (Å²) in [7, 11) is 0. The molecule has 0 aliphatic rings. The molecule has 2 rings (SSSR count). The van der Waals surface area contributed by atoms with Crippen molar-refractivity contribution in [3.63, 3.8) is 0 Å². The fraction of sp³-hybridized carbons (Fsp3) is 0.567. The molecule has 182 valence electrons. The van der Waals surface area contributed by atoms with Gasteiger partial charge < -0.3 is 9.47 Å². The van der Waals surface area contributed by atoms with Crippen LogP contribution in [-0.4, -0.2) is 12.8 Å². The third-order valence-corrected chi connectivity index (χ3v) is 6.18. The molecule has 0 bridgehead atoms. The second-order valence-corrected chi connectivity index (χ2v) is 9.01. The lowest BCUT2D eigenvalue weighted by atomic mass is 9.97. The van der Waals surface area contributed by atoms with Crippen LogP contribution in [-0.2, 0) is 24.0 Å².